The maximum atomic E-state index is 6.74. The van der Waals surface area contributed by atoms with E-state index in [-0.39, 0.29) is 0 Å². The van der Waals surface area contributed by atoms with Crippen molar-refractivity contribution in [3.05, 3.63) is 82.9 Å². The van der Waals surface area contributed by atoms with E-state index in [1.807, 2.05) is 24.3 Å². The van der Waals surface area contributed by atoms with E-state index in [1.54, 1.807) is 21.3 Å². The summed E-state index contributed by atoms with van der Waals surface area (Å²) in [6.07, 6.45) is 67.9. The van der Waals surface area contributed by atoms with Crippen LogP contribution in [-0.2, 0) is 0 Å². The van der Waals surface area contributed by atoms with Crippen molar-refractivity contribution in [1.82, 2.24) is 0 Å². The Hall–Kier alpha value is -4.58. The van der Waals surface area contributed by atoms with Crippen LogP contribution in [0, 0.1) is 0 Å². The molecule has 6 nitrogen and oxygen atoms in total. The van der Waals surface area contributed by atoms with E-state index in [0.29, 0.717) is 19.8 Å². The first kappa shape index (κ1) is 72.7. The molecule has 468 valence electrons. The first-order valence-electron chi connectivity index (χ1n) is 34.6. The lowest BCUT2D eigenvalue weighted by atomic mass is 10.0. The van der Waals surface area contributed by atoms with Gasteiger partial charge in [-0.15, -0.1) is 0 Å². The summed E-state index contributed by atoms with van der Waals surface area (Å²) in [7, 11) is 5.17. The van der Waals surface area contributed by atoms with E-state index in [2.05, 4.69) is 82.5 Å². The lowest BCUT2D eigenvalue weighted by molar-refractivity contribution is 0.303. The lowest BCUT2D eigenvalue weighted by Crippen LogP contribution is -2.01. The van der Waals surface area contributed by atoms with Gasteiger partial charge in [0.1, 0.15) is 34.5 Å². The highest BCUT2D eigenvalue weighted by Gasteiger charge is 2.14. The molecule has 0 atom stereocenters. The van der Waals surface area contributed by atoms with E-state index >= 15 is 0 Å². The molecule has 0 spiro atoms. The van der Waals surface area contributed by atoms with Crippen molar-refractivity contribution in [2.24, 2.45) is 0 Å². The van der Waals surface area contributed by atoms with E-state index in [9.17, 15) is 0 Å². The number of hydrogen-bond donors (Lipinski definition) is 0. The zero-order chi connectivity index (χ0) is 59.5. The van der Waals surface area contributed by atoms with Gasteiger partial charge in [-0.1, -0.05) is 321 Å². The van der Waals surface area contributed by atoms with Crippen LogP contribution in [0.5, 0.6) is 34.5 Å². The molecule has 0 saturated heterocycles. The zero-order valence-corrected chi connectivity index (χ0v) is 54.6. The first-order valence-corrected chi connectivity index (χ1v) is 34.6. The Morgan fingerprint density at radius 2 is 0.410 bits per heavy atom. The number of benzene rings is 3. The fraction of sp³-hybridized carbons (Fsp3) is 0.662. The van der Waals surface area contributed by atoms with E-state index in [1.165, 1.54) is 244 Å². The summed E-state index contributed by atoms with van der Waals surface area (Å²) in [6, 6.07) is 12.4. The Labute approximate surface area is 511 Å². The van der Waals surface area contributed by atoms with Crippen molar-refractivity contribution in [3.8, 4) is 34.5 Å². The molecule has 3 rings (SSSR count). The largest absolute Gasteiger partial charge is 0.496 e. The molecule has 0 saturated carbocycles. The molecule has 0 bridgehead atoms. The monoisotopic (exact) mass is 1140 g/mol. The molecule has 0 N–H and O–H groups in total. The van der Waals surface area contributed by atoms with Gasteiger partial charge < -0.3 is 28.4 Å². The molecule has 0 heterocycles. The minimum atomic E-state index is 0.639. The number of hydrogen-bond acceptors (Lipinski definition) is 6. The van der Waals surface area contributed by atoms with E-state index in [0.717, 1.165) is 93.6 Å². The van der Waals surface area contributed by atoms with Crippen LogP contribution in [-0.4, -0.2) is 41.2 Å². The fourth-order valence-corrected chi connectivity index (χ4v) is 11.3. The number of ether oxygens (including phenoxy) is 6. The van der Waals surface area contributed by atoms with Gasteiger partial charge in [-0.25, -0.2) is 0 Å². The highest BCUT2D eigenvalue weighted by Crippen LogP contribution is 2.37. The highest BCUT2D eigenvalue weighted by molar-refractivity contribution is 5.82. The van der Waals surface area contributed by atoms with Crippen molar-refractivity contribution in [3.63, 3.8) is 0 Å². The number of unbranched alkanes of at least 4 members (excludes halogenated alkanes) is 39. The number of methoxy groups -OCH3 is 3. The maximum Gasteiger partial charge on any atom is 0.127 e. The van der Waals surface area contributed by atoms with Gasteiger partial charge in [0.15, 0.2) is 0 Å². The molecule has 83 heavy (non-hydrogen) atoms. The predicted octanol–water partition coefficient (Wildman–Crippen LogP) is 24.9. The van der Waals surface area contributed by atoms with Crippen LogP contribution in [0.1, 0.15) is 324 Å². The third-order valence-corrected chi connectivity index (χ3v) is 16.7. The summed E-state index contributed by atoms with van der Waals surface area (Å²) in [4.78, 5) is 0. The van der Waals surface area contributed by atoms with Crippen LogP contribution in [0.4, 0.5) is 0 Å². The molecule has 3 aromatic carbocycles. The van der Waals surface area contributed by atoms with Crippen LogP contribution in [0.25, 0.3) is 36.5 Å². The van der Waals surface area contributed by atoms with Gasteiger partial charge in [0.2, 0.25) is 0 Å². The Balaban J connectivity index is 1.72. The van der Waals surface area contributed by atoms with Crippen LogP contribution >= 0.6 is 0 Å². The molecular formula is C77H124O6. The minimum absolute atomic E-state index is 0.639. The first-order chi connectivity index (χ1) is 41.0. The van der Waals surface area contributed by atoms with Gasteiger partial charge in [-0.3, -0.25) is 0 Å². The third kappa shape index (κ3) is 33.6. The van der Waals surface area contributed by atoms with E-state index in [4.69, 9.17) is 28.4 Å². The summed E-state index contributed by atoms with van der Waals surface area (Å²) in [6.45, 7) is 17.1. The summed E-state index contributed by atoms with van der Waals surface area (Å²) in [5.74, 6) is 4.71. The molecule has 0 aliphatic rings. The second kappa shape index (κ2) is 50.7. The molecule has 0 fully saturated rings. The van der Waals surface area contributed by atoms with Crippen molar-refractivity contribution in [2.75, 3.05) is 41.2 Å². The Bertz CT molecular complexity index is 2130. The third-order valence-electron chi connectivity index (χ3n) is 16.7. The second-order valence-electron chi connectivity index (χ2n) is 23.8. The van der Waals surface area contributed by atoms with Gasteiger partial charge >= 0.3 is 0 Å². The molecule has 0 radical (unpaired) electrons. The lowest BCUT2D eigenvalue weighted by Gasteiger charge is -2.16. The summed E-state index contributed by atoms with van der Waals surface area (Å²) in [5.41, 5.74) is 5.54. The maximum absolute atomic E-state index is 6.74. The summed E-state index contributed by atoms with van der Waals surface area (Å²) >= 11 is 0. The second-order valence-corrected chi connectivity index (χ2v) is 23.8. The smallest absolute Gasteiger partial charge is 0.127 e. The molecule has 0 amide bonds. The Kier molecular flexibility index (Phi) is 44.4. The van der Waals surface area contributed by atoms with Gasteiger partial charge in [0.25, 0.3) is 0 Å². The Morgan fingerprint density at radius 3 is 0.651 bits per heavy atom. The summed E-state index contributed by atoms with van der Waals surface area (Å²) < 4.78 is 37.7. The predicted molar refractivity (Wildman–Crippen MR) is 364 cm³/mol. The molecule has 3 aromatic rings. The summed E-state index contributed by atoms with van der Waals surface area (Å²) in [5, 5.41) is 0. The van der Waals surface area contributed by atoms with Crippen LogP contribution < -0.4 is 28.4 Å². The molecule has 0 aliphatic carbocycles. The SMILES string of the molecule is C=Cc1cc(OCCCCCCCCCCCCCCCC)c(/C=C/c2cc(OCCCCCCCCCCCCCCCC)c(/C=C/c3cc(OCCCCCCCCCCCCCCCC)c(C=C)cc3OC)cc2OC)cc1OC. The van der Waals surface area contributed by atoms with Crippen LogP contribution in [0.3, 0.4) is 0 Å². The minimum Gasteiger partial charge on any atom is -0.496 e. The normalized spacial score (nSPS) is 11.5. The molecule has 0 unspecified atom stereocenters. The van der Waals surface area contributed by atoms with Crippen LogP contribution in [0.15, 0.2) is 49.6 Å². The van der Waals surface area contributed by atoms with Gasteiger partial charge in [-0.2, -0.15) is 0 Å². The standard InChI is InChI=1S/C77H124O6/c1-9-14-17-20-23-26-29-32-35-38-41-44-47-50-57-81-75-64-68(73(79-7)60-67(75)13-5)53-56-71-63-74(80-8)69(65-77(71)83-59-52-49-46-43-40-37-34-31-28-25-22-19-16-11-3)54-55-70-62-72(78-6)66(12-4)61-76(70)82-58-51-48-45-42-39-36-33-30-27-24-21-18-15-10-2/h12-13,53-56,60-65H,4-5,9-11,14-52,57-59H2,1-3,6-8H3/b55-54+,56-53+. The average Bonchev–Trinajstić information content (AvgIpc) is 3.66. The van der Waals surface area contributed by atoms with Crippen molar-refractivity contribution in [1.29, 1.82) is 0 Å². The quantitative estimate of drug-likeness (QED) is 0.0415. The van der Waals surface area contributed by atoms with Gasteiger partial charge in [-0.05, 0) is 55.7 Å². The topological polar surface area (TPSA) is 55.4 Å². The van der Waals surface area contributed by atoms with Crippen molar-refractivity contribution in [2.45, 2.75) is 290 Å². The van der Waals surface area contributed by atoms with Gasteiger partial charge in [0, 0.05) is 33.4 Å². The molecule has 0 aromatic heterocycles. The van der Waals surface area contributed by atoms with Crippen LogP contribution in [0.2, 0.25) is 0 Å². The number of rotatable bonds is 57. The fourth-order valence-electron chi connectivity index (χ4n) is 11.3. The zero-order valence-electron chi connectivity index (χ0n) is 54.6. The van der Waals surface area contributed by atoms with E-state index < -0.39 is 0 Å². The Morgan fingerprint density at radius 1 is 0.241 bits per heavy atom. The highest BCUT2D eigenvalue weighted by atomic mass is 16.5. The van der Waals surface area contributed by atoms with Crippen molar-refractivity contribution >= 4 is 36.5 Å². The molecular weight excluding hydrogens is 1020 g/mol. The average molecular weight is 1150 g/mol. The molecule has 6 heteroatoms. The molecule has 0 aliphatic heterocycles. The van der Waals surface area contributed by atoms with Crippen molar-refractivity contribution < 1.29 is 28.4 Å². The van der Waals surface area contributed by atoms with Gasteiger partial charge in [0.05, 0.1) is 41.2 Å².